The number of benzene rings is 1. The van der Waals surface area contributed by atoms with Gasteiger partial charge in [0.25, 0.3) is 5.91 Å². The van der Waals surface area contributed by atoms with Gasteiger partial charge in [0.15, 0.2) is 0 Å². The van der Waals surface area contributed by atoms with Gasteiger partial charge < -0.3 is 0 Å². The smallest absolute Gasteiger partial charge is 0.265 e. The second-order valence-corrected chi connectivity index (χ2v) is 2.72. The first kappa shape index (κ1) is 7.16. The van der Waals surface area contributed by atoms with Crippen molar-refractivity contribution in [1.82, 2.24) is 0 Å². The summed E-state index contributed by atoms with van der Waals surface area (Å²) in [6.07, 6.45) is 1.22. The number of aryl methyl sites for hydroxylation is 1. The Morgan fingerprint density at radius 2 is 1.92 bits per heavy atom. The number of fused-ring (bicyclic) bond motifs is 1. The van der Waals surface area contributed by atoms with Crippen LogP contribution in [0.4, 0.5) is 5.69 Å². The van der Waals surface area contributed by atoms with Crippen LogP contribution in [0.25, 0.3) is 0 Å². The fourth-order valence-electron chi connectivity index (χ4n) is 1.22. The van der Waals surface area contributed by atoms with E-state index in [1.54, 1.807) is 0 Å². The van der Waals surface area contributed by atoms with Crippen molar-refractivity contribution < 1.29 is 4.79 Å². The Kier molecular flexibility index (Phi) is 1.70. The number of hydrogen-bond donors (Lipinski definition) is 0. The van der Waals surface area contributed by atoms with Gasteiger partial charge in [-0.1, -0.05) is 18.2 Å². The summed E-state index contributed by atoms with van der Waals surface area (Å²) in [6.45, 7) is 0. The van der Waals surface area contributed by atoms with E-state index < -0.39 is 0 Å². The summed E-state index contributed by atoms with van der Waals surface area (Å²) in [5.41, 5.74) is 1.93. The van der Waals surface area contributed by atoms with E-state index in [9.17, 15) is 4.79 Å². The molecule has 0 aromatic heterocycles. The lowest BCUT2D eigenvalue weighted by atomic mass is 10.1. The SMILES string of the molecule is O=C1CCc2ccccc2N=N1. The maximum Gasteiger partial charge on any atom is 0.265 e. The van der Waals surface area contributed by atoms with Crippen molar-refractivity contribution in [2.24, 2.45) is 10.2 Å². The summed E-state index contributed by atoms with van der Waals surface area (Å²) < 4.78 is 0. The quantitative estimate of drug-likeness (QED) is 0.573. The predicted molar refractivity (Wildman–Crippen MR) is 44.3 cm³/mol. The Balaban J connectivity index is 2.45. The number of hydrogen-bond acceptors (Lipinski definition) is 2. The van der Waals surface area contributed by atoms with Gasteiger partial charge in [0.05, 0.1) is 5.69 Å². The van der Waals surface area contributed by atoms with Gasteiger partial charge in [0.2, 0.25) is 0 Å². The number of carbonyl (C=O) groups excluding carboxylic acids is 1. The Labute approximate surface area is 70.1 Å². The van der Waals surface area contributed by atoms with E-state index in [2.05, 4.69) is 10.2 Å². The molecule has 3 heteroatoms. The van der Waals surface area contributed by atoms with Crippen molar-refractivity contribution in [3.05, 3.63) is 29.8 Å². The van der Waals surface area contributed by atoms with Crippen LogP contribution in [0.5, 0.6) is 0 Å². The van der Waals surface area contributed by atoms with E-state index in [1.165, 1.54) is 0 Å². The van der Waals surface area contributed by atoms with Gasteiger partial charge in [-0.2, -0.15) is 0 Å². The molecule has 3 nitrogen and oxygen atoms in total. The molecular weight excluding hydrogens is 152 g/mol. The fraction of sp³-hybridized carbons (Fsp3) is 0.222. The van der Waals surface area contributed by atoms with E-state index in [0.29, 0.717) is 6.42 Å². The average Bonchev–Trinajstić information content (AvgIpc) is 2.29. The highest BCUT2D eigenvalue weighted by Crippen LogP contribution is 2.23. The molecule has 0 unspecified atom stereocenters. The van der Waals surface area contributed by atoms with Gasteiger partial charge in [0.1, 0.15) is 0 Å². The Morgan fingerprint density at radius 3 is 2.83 bits per heavy atom. The first-order valence-corrected chi connectivity index (χ1v) is 3.89. The molecule has 0 atom stereocenters. The lowest BCUT2D eigenvalue weighted by Crippen LogP contribution is -1.92. The van der Waals surface area contributed by atoms with Gasteiger partial charge in [-0.05, 0) is 18.1 Å². The minimum atomic E-state index is -0.133. The average molecular weight is 160 g/mol. The minimum absolute atomic E-state index is 0.133. The molecule has 1 amide bonds. The molecule has 0 spiro atoms. The van der Waals surface area contributed by atoms with Crippen LogP contribution in [-0.4, -0.2) is 5.91 Å². The van der Waals surface area contributed by atoms with Crippen LogP contribution in [0.2, 0.25) is 0 Å². The highest BCUT2D eigenvalue weighted by Gasteiger charge is 2.08. The van der Waals surface area contributed by atoms with Crippen molar-refractivity contribution in [2.75, 3.05) is 0 Å². The molecule has 1 aromatic carbocycles. The predicted octanol–water partition coefficient (Wildman–Crippen LogP) is 2.24. The van der Waals surface area contributed by atoms with Crippen LogP contribution in [0.1, 0.15) is 12.0 Å². The lowest BCUT2D eigenvalue weighted by molar-refractivity contribution is -0.118. The number of nitrogens with zero attached hydrogens (tertiary/aromatic N) is 2. The highest BCUT2D eigenvalue weighted by atomic mass is 16.1. The number of carbonyl (C=O) groups is 1. The second-order valence-electron chi connectivity index (χ2n) is 2.72. The van der Waals surface area contributed by atoms with Crippen molar-refractivity contribution in [3.63, 3.8) is 0 Å². The van der Waals surface area contributed by atoms with E-state index in [1.807, 2.05) is 24.3 Å². The monoisotopic (exact) mass is 160 g/mol. The molecule has 0 saturated carbocycles. The van der Waals surface area contributed by atoms with Crippen molar-refractivity contribution in [3.8, 4) is 0 Å². The summed E-state index contributed by atoms with van der Waals surface area (Å²) in [5, 5.41) is 7.39. The van der Waals surface area contributed by atoms with E-state index >= 15 is 0 Å². The molecule has 0 fully saturated rings. The molecule has 60 valence electrons. The van der Waals surface area contributed by atoms with Crippen LogP contribution in [0, 0.1) is 0 Å². The highest BCUT2D eigenvalue weighted by molar-refractivity contribution is 5.78. The van der Waals surface area contributed by atoms with Gasteiger partial charge in [-0.15, -0.1) is 10.2 Å². The molecule has 12 heavy (non-hydrogen) atoms. The molecule has 2 rings (SSSR count). The first-order chi connectivity index (χ1) is 5.86. The van der Waals surface area contributed by atoms with Crippen LogP contribution in [0.15, 0.2) is 34.5 Å². The molecular formula is C9H8N2O. The zero-order valence-electron chi connectivity index (χ0n) is 6.53. The van der Waals surface area contributed by atoms with E-state index in [0.717, 1.165) is 17.7 Å². The zero-order chi connectivity index (χ0) is 8.39. The lowest BCUT2D eigenvalue weighted by Gasteiger charge is -1.97. The standard InChI is InChI=1S/C9H8N2O/c12-9-6-5-7-3-1-2-4-8(7)10-11-9/h1-4H,5-6H2. The minimum Gasteiger partial charge on any atom is -0.271 e. The first-order valence-electron chi connectivity index (χ1n) is 3.89. The van der Waals surface area contributed by atoms with Crippen LogP contribution < -0.4 is 0 Å². The summed E-state index contributed by atoms with van der Waals surface area (Å²) >= 11 is 0. The Morgan fingerprint density at radius 1 is 1.08 bits per heavy atom. The topological polar surface area (TPSA) is 41.8 Å². The Hall–Kier alpha value is -1.51. The van der Waals surface area contributed by atoms with Gasteiger partial charge in [-0.3, -0.25) is 4.79 Å². The van der Waals surface area contributed by atoms with Crippen molar-refractivity contribution in [1.29, 1.82) is 0 Å². The molecule has 1 aromatic rings. The molecule has 1 aliphatic rings. The molecule has 0 bridgehead atoms. The molecule has 0 aliphatic carbocycles. The normalized spacial score (nSPS) is 15.5. The summed E-state index contributed by atoms with van der Waals surface area (Å²) in [5.74, 6) is -0.133. The maximum absolute atomic E-state index is 10.9. The summed E-state index contributed by atoms with van der Waals surface area (Å²) in [4.78, 5) is 10.9. The Bertz CT molecular complexity index is 344. The second kappa shape index (κ2) is 2.85. The maximum atomic E-state index is 10.9. The number of amides is 1. The van der Waals surface area contributed by atoms with Gasteiger partial charge >= 0.3 is 0 Å². The third-order valence-corrected chi connectivity index (χ3v) is 1.87. The third kappa shape index (κ3) is 1.25. The summed E-state index contributed by atoms with van der Waals surface area (Å²) in [6, 6.07) is 7.70. The number of rotatable bonds is 0. The van der Waals surface area contributed by atoms with E-state index in [-0.39, 0.29) is 5.91 Å². The molecule has 0 saturated heterocycles. The fourth-order valence-corrected chi connectivity index (χ4v) is 1.22. The van der Waals surface area contributed by atoms with Gasteiger partial charge in [-0.25, -0.2) is 0 Å². The van der Waals surface area contributed by atoms with E-state index in [4.69, 9.17) is 0 Å². The molecule has 1 heterocycles. The van der Waals surface area contributed by atoms with Crippen LogP contribution in [0.3, 0.4) is 0 Å². The van der Waals surface area contributed by atoms with Crippen molar-refractivity contribution >= 4 is 11.6 Å². The number of azo groups is 1. The van der Waals surface area contributed by atoms with Crippen LogP contribution >= 0.6 is 0 Å². The summed E-state index contributed by atoms with van der Waals surface area (Å²) in [7, 11) is 0. The third-order valence-electron chi connectivity index (χ3n) is 1.87. The largest absolute Gasteiger partial charge is 0.271 e. The molecule has 0 N–H and O–H groups in total. The van der Waals surface area contributed by atoms with Gasteiger partial charge in [0, 0.05) is 6.42 Å². The molecule has 1 aliphatic heterocycles. The zero-order valence-corrected chi connectivity index (χ0v) is 6.53. The van der Waals surface area contributed by atoms with Crippen molar-refractivity contribution in [2.45, 2.75) is 12.8 Å². The molecule has 0 radical (unpaired) electrons. The van der Waals surface area contributed by atoms with Crippen LogP contribution in [-0.2, 0) is 11.2 Å².